The summed E-state index contributed by atoms with van der Waals surface area (Å²) in [5, 5.41) is 0. The van der Waals surface area contributed by atoms with Crippen LogP contribution in [0.5, 0.6) is 0 Å². The number of allylic oxidation sites excluding steroid dienone is 4. The van der Waals surface area contributed by atoms with Gasteiger partial charge in [0.1, 0.15) is 6.61 Å². The summed E-state index contributed by atoms with van der Waals surface area (Å²) < 4.78 is 5.15. The fourth-order valence-corrected chi connectivity index (χ4v) is 2.57. The number of unbranched alkanes of at least 4 members (excludes halogenated alkanes) is 1. The first-order valence-electron chi connectivity index (χ1n) is 6.55. The molecule has 1 aliphatic carbocycles. The highest BCUT2D eigenvalue weighted by atomic mass is 16.5. The Morgan fingerprint density at radius 1 is 1.47 bits per heavy atom. The van der Waals surface area contributed by atoms with Gasteiger partial charge in [-0.15, -0.1) is 0 Å². The average molecular weight is 232 g/mol. The van der Waals surface area contributed by atoms with Crippen LogP contribution >= 0.6 is 0 Å². The first-order chi connectivity index (χ1) is 8.27. The Morgan fingerprint density at radius 3 is 3.00 bits per heavy atom. The summed E-state index contributed by atoms with van der Waals surface area (Å²) in [6.45, 7) is 4.93. The highest BCUT2D eigenvalue weighted by molar-refractivity contribution is 5.93. The summed E-state index contributed by atoms with van der Waals surface area (Å²) in [7, 11) is 0. The highest BCUT2D eigenvalue weighted by Gasteiger charge is 2.34. The van der Waals surface area contributed by atoms with E-state index < -0.39 is 0 Å². The lowest BCUT2D eigenvalue weighted by Gasteiger charge is -2.18. The molecule has 2 nitrogen and oxygen atoms in total. The number of carbonyl (C=O) groups excluding carboxylic acids is 1. The SMILES string of the molecule is CCCC/C(CC)=C1/C=CC=C2C(=O)OCC21. The van der Waals surface area contributed by atoms with Crippen molar-refractivity contribution in [3.05, 3.63) is 34.9 Å². The monoisotopic (exact) mass is 232 g/mol. The van der Waals surface area contributed by atoms with Crippen molar-refractivity contribution in [3.8, 4) is 0 Å². The molecule has 0 saturated carbocycles. The van der Waals surface area contributed by atoms with Gasteiger partial charge >= 0.3 is 5.97 Å². The Kier molecular flexibility index (Phi) is 3.82. The number of fused-ring (bicyclic) bond motifs is 1. The van der Waals surface area contributed by atoms with Crippen LogP contribution in [0.3, 0.4) is 0 Å². The lowest BCUT2D eigenvalue weighted by atomic mass is 9.84. The van der Waals surface area contributed by atoms with E-state index in [4.69, 9.17) is 4.74 Å². The van der Waals surface area contributed by atoms with Crippen molar-refractivity contribution in [2.45, 2.75) is 39.5 Å². The summed E-state index contributed by atoms with van der Waals surface area (Å²) in [4.78, 5) is 11.5. The maximum Gasteiger partial charge on any atom is 0.334 e. The molecule has 0 aromatic rings. The van der Waals surface area contributed by atoms with Crippen molar-refractivity contribution in [3.63, 3.8) is 0 Å². The molecule has 1 unspecified atom stereocenters. The van der Waals surface area contributed by atoms with E-state index in [9.17, 15) is 4.79 Å². The molecule has 2 heteroatoms. The van der Waals surface area contributed by atoms with Crippen LogP contribution in [0.2, 0.25) is 0 Å². The van der Waals surface area contributed by atoms with Crippen LogP contribution in [0.25, 0.3) is 0 Å². The molecule has 2 rings (SSSR count). The Labute approximate surface area is 103 Å². The van der Waals surface area contributed by atoms with E-state index in [1.807, 2.05) is 12.2 Å². The Balaban J connectivity index is 2.26. The van der Waals surface area contributed by atoms with Crippen LogP contribution in [0.15, 0.2) is 34.9 Å². The lowest BCUT2D eigenvalue weighted by molar-refractivity contribution is -0.135. The van der Waals surface area contributed by atoms with Gasteiger partial charge in [-0.3, -0.25) is 0 Å². The molecule has 0 aromatic heterocycles. The zero-order valence-electron chi connectivity index (χ0n) is 10.7. The smallest absolute Gasteiger partial charge is 0.334 e. The molecule has 0 bridgehead atoms. The second-order valence-corrected chi connectivity index (χ2v) is 4.65. The maximum atomic E-state index is 11.5. The third-order valence-electron chi connectivity index (χ3n) is 3.59. The van der Waals surface area contributed by atoms with Crippen molar-refractivity contribution in [2.24, 2.45) is 5.92 Å². The van der Waals surface area contributed by atoms with Crippen LogP contribution in [0, 0.1) is 5.92 Å². The molecule has 0 aromatic carbocycles. The minimum Gasteiger partial charge on any atom is -0.461 e. The van der Waals surface area contributed by atoms with Crippen LogP contribution in [-0.4, -0.2) is 12.6 Å². The number of esters is 1. The van der Waals surface area contributed by atoms with E-state index in [0.717, 1.165) is 18.4 Å². The zero-order chi connectivity index (χ0) is 12.3. The van der Waals surface area contributed by atoms with Gasteiger partial charge in [-0.2, -0.15) is 0 Å². The second-order valence-electron chi connectivity index (χ2n) is 4.65. The number of ether oxygens (including phenoxy) is 1. The van der Waals surface area contributed by atoms with Gasteiger partial charge in [0.15, 0.2) is 0 Å². The molecule has 1 aliphatic heterocycles. The van der Waals surface area contributed by atoms with E-state index in [1.54, 1.807) is 0 Å². The minimum absolute atomic E-state index is 0.136. The van der Waals surface area contributed by atoms with E-state index in [0.29, 0.717) is 6.61 Å². The molecule has 0 radical (unpaired) electrons. The van der Waals surface area contributed by atoms with Gasteiger partial charge in [0.25, 0.3) is 0 Å². The van der Waals surface area contributed by atoms with Crippen molar-refractivity contribution in [1.29, 1.82) is 0 Å². The molecule has 1 saturated heterocycles. The number of rotatable bonds is 4. The van der Waals surface area contributed by atoms with E-state index >= 15 is 0 Å². The topological polar surface area (TPSA) is 26.3 Å². The molecular formula is C15H20O2. The summed E-state index contributed by atoms with van der Waals surface area (Å²) >= 11 is 0. The molecular weight excluding hydrogens is 212 g/mol. The van der Waals surface area contributed by atoms with Crippen molar-refractivity contribution >= 4 is 5.97 Å². The van der Waals surface area contributed by atoms with Gasteiger partial charge in [-0.1, -0.05) is 44.1 Å². The molecule has 1 atom stereocenters. The van der Waals surface area contributed by atoms with Crippen molar-refractivity contribution in [2.75, 3.05) is 6.61 Å². The lowest BCUT2D eigenvalue weighted by Crippen LogP contribution is -2.11. The fourth-order valence-electron chi connectivity index (χ4n) is 2.57. The summed E-state index contributed by atoms with van der Waals surface area (Å²) in [5.74, 6) is 0.0575. The first kappa shape index (κ1) is 12.2. The molecule has 2 aliphatic rings. The second kappa shape index (κ2) is 5.35. The van der Waals surface area contributed by atoms with Crippen molar-refractivity contribution in [1.82, 2.24) is 0 Å². The third-order valence-corrected chi connectivity index (χ3v) is 3.59. The van der Waals surface area contributed by atoms with Crippen molar-refractivity contribution < 1.29 is 9.53 Å². The van der Waals surface area contributed by atoms with Gasteiger partial charge in [-0.05, 0) is 24.8 Å². The molecule has 0 N–H and O–H groups in total. The minimum atomic E-state index is -0.136. The number of hydrogen-bond donors (Lipinski definition) is 0. The van der Waals surface area contributed by atoms with Gasteiger partial charge in [-0.25, -0.2) is 4.79 Å². The largest absolute Gasteiger partial charge is 0.461 e. The van der Waals surface area contributed by atoms with Gasteiger partial charge < -0.3 is 4.74 Å². The number of cyclic esters (lactones) is 1. The summed E-state index contributed by atoms with van der Waals surface area (Å²) in [6.07, 6.45) is 10.7. The first-order valence-corrected chi connectivity index (χ1v) is 6.55. The summed E-state index contributed by atoms with van der Waals surface area (Å²) in [5.41, 5.74) is 3.64. The standard InChI is InChI=1S/C15H20O2/c1-3-5-7-11(4-2)12-8-6-9-13-14(12)10-17-15(13)16/h6,8-9,14H,3-5,7,10H2,1-2H3/b12-11-. The molecule has 0 amide bonds. The van der Waals surface area contributed by atoms with Crippen LogP contribution < -0.4 is 0 Å². The highest BCUT2D eigenvalue weighted by Crippen LogP contribution is 2.35. The summed E-state index contributed by atoms with van der Waals surface area (Å²) in [6, 6.07) is 0. The maximum absolute atomic E-state index is 11.5. The van der Waals surface area contributed by atoms with E-state index in [2.05, 4.69) is 19.9 Å². The van der Waals surface area contributed by atoms with Crippen LogP contribution in [0.1, 0.15) is 39.5 Å². The number of carbonyl (C=O) groups is 1. The predicted molar refractivity (Wildman–Crippen MR) is 68.5 cm³/mol. The average Bonchev–Trinajstić information content (AvgIpc) is 2.73. The zero-order valence-corrected chi connectivity index (χ0v) is 10.7. The predicted octanol–water partition coefficient (Wildman–Crippen LogP) is 3.55. The van der Waals surface area contributed by atoms with Crippen LogP contribution in [-0.2, 0) is 9.53 Å². The van der Waals surface area contributed by atoms with Gasteiger partial charge in [0.05, 0.1) is 5.92 Å². The van der Waals surface area contributed by atoms with Gasteiger partial charge in [0.2, 0.25) is 0 Å². The quantitative estimate of drug-likeness (QED) is 0.693. The normalized spacial score (nSPS) is 25.4. The Hall–Kier alpha value is -1.31. The fraction of sp³-hybridized carbons (Fsp3) is 0.533. The number of hydrogen-bond acceptors (Lipinski definition) is 2. The molecule has 0 spiro atoms. The molecule has 17 heavy (non-hydrogen) atoms. The Bertz CT molecular complexity index is 399. The molecule has 1 heterocycles. The van der Waals surface area contributed by atoms with E-state index in [-0.39, 0.29) is 11.9 Å². The molecule has 92 valence electrons. The molecule has 1 fully saturated rings. The third kappa shape index (κ3) is 2.36. The van der Waals surface area contributed by atoms with Gasteiger partial charge in [0, 0.05) is 5.57 Å². The van der Waals surface area contributed by atoms with E-state index in [1.165, 1.54) is 24.0 Å². The van der Waals surface area contributed by atoms with Crippen LogP contribution in [0.4, 0.5) is 0 Å². The Morgan fingerprint density at radius 2 is 2.29 bits per heavy atom.